The summed E-state index contributed by atoms with van der Waals surface area (Å²) >= 11 is 0. The molecular weight excluding hydrogens is 479 g/mol. The number of aromatic hydroxyl groups is 1. The third-order valence-corrected chi connectivity index (χ3v) is 12.9. The highest BCUT2D eigenvalue weighted by Crippen LogP contribution is 2.56. The van der Waals surface area contributed by atoms with Crippen LogP contribution in [0, 0.1) is 20.8 Å². The fourth-order valence-corrected chi connectivity index (χ4v) is 9.30. The van der Waals surface area contributed by atoms with Crippen molar-refractivity contribution in [3.05, 3.63) is 108 Å². The second-order valence-electron chi connectivity index (χ2n) is 10.1. The molecule has 0 spiro atoms. The monoisotopic (exact) mass is 515 g/mol. The Morgan fingerprint density at radius 1 is 0.667 bits per heavy atom. The predicted octanol–water partition coefficient (Wildman–Crippen LogP) is 5.71. The zero-order chi connectivity index (χ0) is 25.9. The summed E-state index contributed by atoms with van der Waals surface area (Å²) in [7, 11) is -2.66. The highest BCUT2D eigenvalue weighted by Gasteiger charge is 2.50. The maximum Gasteiger partial charge on any atom is 0.224 e. The van der Waals surface area contributed by atoms with Crippen molar-refractivity contribution in [2.45, 2.75) is 33.9 Å². The first kappa shape index (κ1) is 26.2. The molecule has 0 atom stereocenters. The van der Waals surface area contributed by atoms with Gasteiger partial charge in [-0.3, -0.25) is 0 Å². The summed E-state index contributed by atoms with van der Waals surface area (Å²) in [4.78, 5) is 0. The van der Waals surface area contributed by atoms with Crippen LogP contribution in [0.15, 0.2) is 91.0 Å². The first-order valence-electron chi connectivity index (χ1n) is 12.3. The molecule has 4 aromatic carbocycles. The van der Waals surface area contributed by atoms with E-state index >= 15 is 0 Å². The Labute approximate surface area is 217 Å². The molecule has 186 valence electrons. The van der Waals surface area contributed by atoms with Gasteiger partial charge in [-0.2, -0.15) is 0 Å². The molecule has 0 radical (unpaired) electrons. The number of ether oxygens (including phenoxy) is 1. The number of hydrogen-bond acceptors (Lipinski definition) is 3. The number of phenolic OH excluding ortho intramolecular Hbond substituents is 1. The number of hydrogen-bond donors (Lipinski definition) is 1. The number of rotatable bonds is 8. The van der Waals surface area contributed by atoms with Crippen LogP contribution in [0.2, 0.25) is 13.1 Å². The summed E-state index contributed by atoms with van der Waals surface area (Å²) in [5.74, 6) is 1.02. The summed E-state index contributed by atoms with van der Waals surface area (Å²) in [6, 6.07) is 32.0. The zero-order valence-electron chi connectivity index (χ0n) is 22.1. The van der Waals surface area contributed by atoms with Gasteiger partial charge in [0.25, 0.3) is 0 Å². The van der Waals surface area contributed by atoms with Crippen molar-refractivity contribution in [1.82, 2.24) is 0 Å². The number of aryl methyl sites for hydroxylation is 3. The molecule has 4 aromatic rings. The van der Waals surface area contributed by atoms with Crippen molar-refractivity contribution in [1.29, 1.82) is 0 Å². The molecule has 0 aliphatic rings. The Balaban J connectivity index is 2.09. The molecule has 0 bridgehead atoms. The van der Waals surface area contributed by atoms with Crippen molar-refractivity contribution in [2.75, 3.05) is 13.3 Å². The van der Waals surface area contributed by atoms with Gasteiger partial charge in [0.05, 0.1) is 0 Å². The van der Waals surface area contributed by atoms with E-state index in [1.165, 1.54) is 32.6 Å². The molecule has 0 aromatic heterocycles. The Bertz CT molecular complexity index is 1200. The highest BCUT2D eigenvalue weighted by atomic mass is 31.2. The lowest BCUT2D eigenvalue weighted by Crippen LogP contribution is -2.41. The standard InChI is InChI=1S/C31H35O3PSi/c1-23-7-14-27(15-8-23)35(28-16-9-24(2)10-17-28,29-18-11-25(3)12-19-29)31-21-26(32)13-20-30(31)34-22-36(5,6)33-4/h7-21H,22H2,1-6H3/p+1. The van der Waals surface area contributed by atoms with E-state index in [0.29, 0.717) is 6.23 Å². The lowest BCUT2D eigenvalue weighted by molar-refractivity contribution is 0.321. The van der Waals surface area contributed by atoms with Gasteiger partial charge in [0.1, 0.15) is 35.2 Å². The average molecular weight is 516 g/mol. The fraction of sp³-hybridized carbons (Fsp3) is 0.226. The normalized spacial score (nSPS) is 11.9. The first-order valence-corrected chi connectivity index (χ1v) is 17.2. The molecule has 0 aliphatic carbocycles. The van der Waals surface area contributed by atoms with Crippen LogP contribution >= 0.6 is 7.26 Å². The van der Waals surface area contributed by atoms with E-state index in [-0.39, 0.29) is 5.75 Å². The molecule has 0 heterocycles. The maximum absolute atomic E-state index is 10.8. The molecule has 0 saturated heterocycles. The van der Waals surface area contributed by atoms with E-state index in [9.17, 15) is 5.11 Å². The second-order valence-corrected chi connectivity index (χ2v) is 17.7. The Hall–Kier alpha value is -2.91. The van der Waals surface area contributed by atoms with Gasteiger partial charge in [-0.1, -0.05) is 53.1 Å². The molecule has 0 aliphatic heterocycles. The Morgan fingerprint density at radius 3 is 1.47 bits per heavy atom. The number of benzene rings is 4. The molecule has 3 nitrogen and oxygen atoms in total. The average Bonchev–Trinajstić information content (AvgIpc) is 2.87. The minimum Gasteiger partial charge on any atom is -0.508 e. The quantitative estimate of drug-likeness (QED) is 0.241. The van der Waals surface area contributed by atoms with Gasteiger partial charge in [0.15, 0.2) is 11.1 Å². The van der Waals surface area contributed by atoms with Crippen molar-refractivity contribution >= 4 is 36.8 Å². The van der Waals surface area contributed by atoms with Crippen molar-refractivity contribution in [3.8, 4) is 11.5 Å². The minimum absolute atomic E-state index is 0.233. The second kappa shape index (κ2) is 10.6. The lowest BCUT2D eigenvalue weighted by Gasteiger charge is -2.30. The molecule has 5 heteroatoms. The van der Waals surface area contributed by atoms with E-state index < -0.39 is 15.6 Å². The van der Waals surface area contributed by atoms with Gasteiger partial charge in [-0.05, 0) is 82.4 Å². The molecule has 0 fully saturated rings. The lowest BCUT2D eigenvalue weighted by atomic mass is 10.2. The summed E-state index contributed by atoms with van der Waals surface area (Å²) in [5, 5.41) is 15.5. The summed E-state index contributed by atoms with van der Waals surface area (Å²) in [5.41, 5.74) is 3.64. The van der Waals surface area contributed by atoms with E-state index in [1.807, 2.05) is 12.1 Å². The van der Waals surface area contributed by atoms with Gasteiger partial charge in [-0.25, -0.2) is 0 Å². The van der Waals surface area contributed by atoms with E-state index in [1.54, 1.807) is 13.2 Å². The van der Waals surface area contributed by atoms with Crippen LogP contribution in [0.5, 0.6) is 11.5 Å². The molecular formula is C31H36O3PSi+. The van der Waals surface area contributed by atoms with Crippen LogP contribution in [-0.4, -0.2) is 26.8 Å². The maximum atomic E-state index is 10.8. The predicted molar refractivity (Wildman–Crippen MR) is 157 cm³/mol. The first-order chi connectivity index (χ1) is 17.2. The smallest absolute Gasteiger partial charge is 0.224 e. The highest BCUT2D eigenvalue weighted by molar-refractivity contribution is 8.01. The van der Waals surface area contributed by atoms with Crippen LogP contribution in [0.4, 0.5) is 0 Å². The van der Waals surface area contributed by atoms with Crippen molar-refractivity contribution in [3.63, 3.8) is 0 Å². The van der Waals surface area contributed by atoms with Crippen LogP contribution < -0.4 is 26.0 Å². The third-order valence-electron chi connectivity index (χ3n) is 6.70. The van der Waals surface area contributed by atoms with Gasteiger partial charge in [0, 0.05) is 13.2 Å². The summed E-state index contributed by atoms with van der Waals surface area (Å²) in [6.07, 6.45) is 0.525. The van der Waals surface area contributed by atoms with Gasteiger partial charge >= 0.3 is 0 Å². The van der Waals surface area contributed by atoms with E-state index in [2.05, 4.69) is 107 Å². The van der Waals surface area contributed by atoms with Gasteiger partial charge < -0.3 is 14.3 Å². The molecule has 1 N–H and O–H groups in total. The summed E-state index contributed by atoms with van der Waals surface area (Å²) in [6.45, 7) is 10.6. The molecule has 0 unspecified atom stereocenters. The van der Waals surface area contributed by atoms with E-state index in [0.717, 1.165) is 11.1 Å². The molecule has 0 saturated carbocycles. The Kier molecular flexibility index (Phi) is 7.70. The van der Waals surface area contributed by atoms with Crippen molar-refractivity contribution < 1.29 is 14.3 Å². The van der Waals surface area contributed by atoms with Gasteiger partial charge in [0.2, 0.25) is 8.32 Å². The van der Waals surface area contributed by atoms with E-state index in [4.69, 9.17) is 9.16 Å². The zero-order valence-corrected chi connectivity index (χ0v) is 24.0. The van der Waals surface area contributed by atoms with Gasteiger partial charge in [-0.15, -0.1) is 0 Å². The van der Waals surface area contributed by atoms with Crippen LogP contribution in [0.25, 0.3) is 0 Å². The molecule has 0 amide bonds. The van der Waals surface area contributed by atoms with Crippen LogP contribution in [-0.2, 0) is 4.43 Å². The van der Waals surface area contributed by atoms with Crippen LogP contribution in [0.1, 0.15) is 16.7 Å². The molecule has 4 rings (SSSR count). The molecule has 36 heavy (non-hydrogen) atoms. The summed E-state index contributed by atoms with van der Waals surface area (Å²) < 4.78 is 12.3. The topological polar surface area (TPSA) is 38.7 Å². The van der Waals surface area contributed by atoms with Crippen molar-refractivity contribution in [2.24, 2.45) is 0 Å². The fourth-order valence-electron chi connectivity index (χ4n) is 4.37. The minimum atomic E-state index is -2.43. The third kappa shape index (κ3) is 5.27. The SMILES string of the molecule is CO[Si](C)(C)COc1ccc(O)cc1[P+](c1ccc(C)cc1)(c1ccc(C)cc1)c1ccc(C)cc1. The number of phenols is 1. The largest absolute Gasteiger partial charge is 0.508 e. The van der Waals surface area contributed by atoms with Crippen LogP contribution in [0.3, 0.4) is 0 Å². The Morgan fingerprint density at radius 2 is 1.08 bits per heavy atom.